The molecule has 1 unspecified atom stereocenters. The van der Waals surface area contributed by atoms with Crippen molar-refractivity contribution < 1.29 is 19.1 Å². The van der Waals surface area contributed by atoms with Gasteiger partial charge in [0.1, 0.15) is 17.5 Å². The predicted molar refractivity (Wildman–Crippen MR) is 125 cm³/mol. The Hall–Kier alpha value is -2.54. The summed E-state index contributed by atoms with van der Waals surface area (Å²) in [7, 11) is 3.14. The molecule has 0 aromatic heterocycles. The minimum Gasteiger partial charge on any atom is -0.497 e. The first-order valence-corrected chi connectivity index (χ1v) is 10.9. The van der Waals surface area contributed by atoms with Gasteiger partial charge < -0.3 is 19.7 Å². The van der Waals surface area contributed by atoms with Gasteiger partial charge in [-0.05, 0) is 63.7 Å². The monoisotopic (exact) mass is 490 g/mol. The summed E-state index contributed by atoms with van der Waals surface area (Å²) < 4.78 is 11.8. The second-order valence-corrected chi connectivity index (χ2v) is 9.20. The molecule has 0 aliphatic rings. The highest BCUT2D eigenvalue weighted by atomic mass is 79.9. The van der Waals surface area contributed by atoms with E-state index in [9.17, 15) is 9.59 Å². The van der Waals surface area contributed by atoms with Gasteiger partial charge in [-0.25, -0.2) is 0 Å². The minimum atomic E-state index is -0.654. The molecule has 0 aliphatic heterocycles. The zero-order valence-electron chi connectivity index (χ0n) is 19.0. The van der Waals surface area contributed by atoms with E-state index in [0.717, 1.165) is 15.6 Å². The topological polar surface area (TPSA) is 67.9 Å². The second kappa shape index (κ2) is 10.7. The molecule has 168 valence electrons. The summed E-state index contributed by atoms with van der Waals surface area (Å²) in [6.07, 6.45) is 0. The van der Waals surface area contributed by atoms with Gasteiger partial charge in [-0.3, -0.25) is 9.59 Å². The average molecular weight is 491 g/mol. The average Bonchev–Trinajstić information content (AvgIpc) is 2.74. The van der Waals surface area contributed by atoms with E-state index >= 15 is 0 Å². The molecule has 1 N–H and O–H groups in total. The van der Waals surface area contributed by atoms with E-state index in [0.29, 0.717) is 11.5 Å². The third kappa shape index (κ3) is 6.72. The number of rotatable bonds is 8. The van der Waals surface area contributed by atoms with E-state index in [-0.39, 0.29) is 30.4 Å². The van der Waals surface area contributed by atoms with Gasteiger partial charge in [-0.1, -0.05) is 39.0 Å². The van der Waals surface area contributed by atoms with E-state index < -0.39 is 6.04 Å². The Morgan fingerprint density at radius 2 is 1.87 bits per heavy atom. The molecular formula is C24H31BrN2O4. The van der Waals surface area contributed by atoms with E-state index in [1.54, 1.807) is 21.1 Å². The van der Waals surface area contributed by atoms with E-state index in [1.807, 2.05) is 42.5 Å². The van der Waals surface area contributed by atoms with Crippen LogP contribution in [-0.2, 0) is 21.5 Å². The largest absolute Gasteiger partial charge is 0.497 e. The fourth-order valence-electron chi connectivity index (χ4n) is 3.07. The number of nitrogens with one attached hydrogen (secondary N) is 1. The highest BCUT2D eigenvalue weighted by Crippen LogP contribution is 2.31. The van der Waals surface area contributed by atoms with Crippen LogP contribution in [-0.4, -0.2) is 43.5 Å². The predicted octanol–water partition coefficient (Wildman–Crippen LogP) is 4.30. The molecular weight excluding hydrogens is 460 g/mol. The van der Waals surface area contributed by atoms with Crippen LogP contribution in [0.4, 0.5) is 0 Å². The Balaban J connectivity index is 2.18. The summed E-state index contributed by atoms with van der Waals surface area (Å²) in [5.41, 5.74) is 2.03. The summed E-state index contributed by atoms with van der Waals surface area (Å²) in [6.45, 7) is 8.18. The Morgan fingerprint density at radius 1 is 1.16 bits per heavy atom. The van der Waals surface area contributed by atoms with Crippen molar-refractivity contribution in [1.82, 2.24) is 10.2 Å². The highest BCUT2D eigenvalue weighted by Gasteiger charge is 2.26. The number of methoxy groups -OCH3 is 1. The van der Waals surface area contributed by atoms with Crippen LogP contribution in [0.2, 0.25) is 0 Å². The maximum atomic E-state index is 13.0. The van der Waals surface area contributed by atoms with Crippen molar-refractivity contribution in [2.75, 3.05) is 20.8 Å². The quantitative estimate of drug-likeness (QED) is 0.598. The zero-order chi connectivity index (χ0) is 23.2. The number of halogens is 1. The van der Waals surface area contributed by atoms with Gasteiger partial charge in [0.25, 0.3) is 5.91 Å². The smallest absolute Gasteiger partial charge is 0.261 e. The molecule has 7 heteroatoms. The first kappa shape index (κ1) is 24.7. The van der Waals surface area contributed by atoms with Crippen LogP contribution in [0.3, 0.4) is 0 Å². The van der Waals surface area contributed by atoms with Gasteiger partial charge in [0.2, 0.25) is 5.91 Å². The lowest BCUT2D eigenvalue weighted by Crippen LogP contribution is -2.48. The molecule has 0 bridgehead atoms. The van der Waals surface area contributed by atoms with Gasteiger partial charge >= 0.3 is 0 Å². The first-order chi connectivity index (χ1) is 14.6. The van der Waals surface area contributed by atoms with Crippen LogP contribution in [0.15, 0.2) is 46.9 Å². The second-order valence-electron chi connectivity index (χ2n) is 8.35. The molecule has 0 heterocycles. The Bertz CT molecular complexity index is 924. The van der Waals surface area contributed by atoms with Crippen molar-refractivity contribution in [3.8, 4) is 11.5 Å². The lowest BCUT2D eigenvalue weighted by atomic mass is 9.87. The van der Waals surface area contributed by atoms with Crippen LogP contribution in [0.1, 0.15) is 38.8 Å². The number of carbonyl (C=O) groups is 2. The third-order valence-electron chi connectivity index (χ3n) is 5.05. The number of ether oxygens (including phenoxy) is 2. The molecule has 0 saturated carbocycles. The molecule has 2 rings (SSSR count). The van der Waals surface area contributed by atoms with E-state index in [4.69, 9.17) is 9.47 Å². The molecule has 2 amide bonds. The van der Waals surface area contributed by atoms with Crippen LogP contribution in [0, 0.1) is 0 Å². The molecule has 0 saturated heterocycles. The number of hydrogen-bond donors (Lipinski definition) is 1. The maximum Gasteiger partial charge on any atom is 0.261 e. The summed E-state index contributed by atoms with van der Waals surface area (Å²) >= 11 is 3.53. The molecule has 2 aromatic rings. The number of nitrogens with zero attached hydrogens (tertiary/aromatic N) is 1. The molecule has 1 atom stereocenters. The van der Waals surface area contributed by atoms with Crippen molar-refractivity contribution >= 4 is 27.7 Å². The number of hydrogen-bond acceptors (Lipinski definition) is 4. The van der Waals surface area contributed by atoms with Crippen molar-refractivity contribution in [2.45, 2.75) is 45.7 Å². The van der Waals surface area contributed by atoms with E-state index in [1.165, 1.54) is 4.90 Å². The highest BCUT2D eigenvalue weighted by molar-refractivity contribution is 9.10. The van der Waals surface area contributed by atoms with E-state index in [2.05, 4.69) is 42.0 Å². The first-order valence-electron chi connectivity index (χ1n) is 10.1. The molecule has 0 aliphatic carbocycles. The number of amides is 2. The lowest BCUT2D eigenvalue weighted by Gasteiger charge is -2.28. The molecule has 0 radical (unpaired) electrons. The van der Waals surface area contributed by atoms with Crippen molar-refractivity contribution in [1.29, 1.82) is 0 Å². The summed E-state index contributed by atoms with van der Waals surface area (Å²) in [6, 6.07) is 12.6. The summed E-state index contributed by atoms with van der Waals surface area (Å²) in [4.78, 5) is 26.8. The molecule has 0 spiro atoms. The van der Waals surface area contributed by atoms with Crippen LogP contribution in [0.5, 0.6) is 11.5 Å². The van der Waals surface area contributed by atoms with Gasteiger partial charge in [-0.15, -0.1) is 0 Å². The van der Waals surface area contributed by atoms with Crippen LogP contribution in [0.25, 0.3) is 0 Å². The third-order valence-corrected chi connectivity index (χ3v) is 5.67. The lowest BCUT2D eigenvalue weighted by molar-refractivity contribution is -0.142. The number of likely N-dealkylation sites (N-methyl/N-ethyl adjacent to an activating group) is 1. The molecule has 0 fully saturated rings. The van der Waals surface area contributed by atoms with Gasteiger partial charge in [0, 0.05) is 13.6 Å². The standard InChI is InChI=1S/C24H31BrN2O4/c1-16(23(29)26-5)27(14-17-8-7-9-19(12-17)30-6)22(28)15-31-21-11-10-18(13-20(21)25)24(2,3)4/h7-13,16H,14-15H2,1-6H3,(H,26,29). The summed E-state index contributed by atoms with van der Waals surface area (Å²) in [5, 5.41) is 2.61. The maximum absolute atomic E-state index is 13.0. The SMILES string of the molecule is CNC(=O)C(C)N(Cc1cccc(OC)c1)C(=O)COc1ccc(C(C)(C)C)cc1Br. The number of carbonyl (C=O) groups excluding carboxylic acids is 2. The van der Waals surface area contributed by atoms with Crippen molar-refractivity contribution in [2.24, 2.45) is 0 Å². The Labute approximate surface area is 193 Å². The number of benzene rings is 2. The Kier molecular flexibility index (Phi) is 8.51. The molecule has 2 aromatic carbocycles. The van der Waals surface area contributed by atoms with Gasteiger partial charge in [-0.2, -0.15) is 0 Å². The summed E-state index contributed by atoms with van der Waals surface area (Å²) in [5.74, 6) is 0.740. The fourth-order valence-corrected chi connectivity index (χ4v) is 3.56. The van der Waals surface area contributed by atoms with Crippen LogP contribution < -0.4 is 14.8 Å². The zero-order valence-corrected chi connectivity index (χ0v) is 20.6. The van der Waals surface area contributed by atoms with Crippen molar-refractivity contribution in [3.63, 3.8) is 0 Å². The van der Waals surface area contributed by atoms with Gasteiger partial charge in [0.15, 0.2) is 6.61 Å². The minimum absolute atomic E-state index is 0.00730. The fraction of sp³-hybridized carbons (Fsp3) is 0.417. The molecule has 31 heavy (non-hydrogen) atoms. The van der Waals surface area contributed by atoms with Crippen LogP contribution >= 0.6 is 15.9 Å². The Morgan fingerprint density at radius 3 is 2.45 bits per heavy atom. The normalized spacial score (nSPS) is 12.1. The van der Waals surface area contributed by atoms with Gasteiger partial charge in [0.05, 0.1) is 11.6 Å². The molecule has 6 nitrogen and oxygen atoms in total. The van der Waals surface area contributed by atoms with Crippen molar-refractivity contribution in [3.05, 3.63) is 58.1 Å².